The van der Waals surface area contributed by atoms with Crippen LogP contribution >= 0.6 is 0 Å². The van der Waals surface area contributed by atoms with E-state index in [-0.39, 0.29) is 24.2 Å². The van der Waals surface area contributed by atoms with Gasteiger partial charge in [-0.15, -0.1) is 0 Å². The van der Waals surface area contributed by atoms with Crippen molar-refractivity contribution in [2.45, 2.75) is 25.6 Å². The largest absolute Gasteiger partial charge is 0.416 e. The fourth-order valence-electron chi connectivity index (χ4n) is 3.44. The molecule has 0 spiro atoms. The first kappa shape index (κ1) is 20.7. The molecule has 2 aromatic carbocycles. The van der Waals surface area contributed by atoms with Crippen LogP contribution in [0.1, 0.15) is 29.7 Å². The van der Waals surface area contributed by atoms with Gasteiger partial charge in [0.05, 0.1) is 11.6 Å². The number of urea groups is 1. The number of anilines is 1. The van der Waals surface area contributed by atoms with Crippen molar-refractivity contribution >= 4 is 17.6 Å². The Kier molecular flexibility index (Phi) is 5.81. The normalized spacial score (nSPS) is 16.2. The van der Waals surface area contributed by atoms with Crippen molar-refractivity contribution in [1.82, 2.24) is 9.80 Å². The Balaban J connectivity index is 1.59. The summed E-state index contributed by atoms with van der Waals surface area (Å²) in [6.45, 7) is 2.41. The lowest BCUT2D eigenvalue weighted by molar-refractivity contribution is -0.137. The molecule has 8 heteroatoms. The van der Waals surface area contributed by atoms with Crippen LogP contribution in [0.3, 0.4) is 0 Å². The Hall–Kier alpha value is -3.03. The molecule has 1 unspecified atom stereocenters. The number of halogens is 3. The molecule has 1 aliphatic rings. The lowest BCUT2D eigenvalue weighted by Gasteiger charge is -2.36. The predicted molar refractivity (Wildman–Crippen MR) is 103 cm³/mol. The molecule has 29 heavy (non-hydrogen) atoms. The van der Waals surface area contributed by atoms with Crippen molar-refractivity contribution in [3.8, 4) is 0 Å². The molecule has 1 N–H and O–H groups in total. The monoisotopic (exact) mass is 405 g/mol. The van der Waals surface area contributed by atoms with E-state index >= 15 is 0 Å². The van der Waals surface area contributed by atoms with Crippen LogP contribution in [0, 0.1) is 0 Å². The third kappa shape index (κ3) is 4.70. The number of rotatable bonds is 3. The van der Waals surface area contributed by atoms with Crippen molar-refractivity contribution < 1.29 is 22.8 Å². The minimum absolute atomic E-state index is 0.0844. The van der Waals surface area contributed by atoms with Crippen LogP contribution in [0.25, 0.3) is 0 Å². The number of fused-ring (bicyclic) bond motifs is 1. The number of alkyl halides is 3. The molecule has 0 radical (unpaired) electrons. The molecule has 1 aliphatic heterocycles. The average Bonchev–Trinajstić information content (AvgIpc) is 2.68. The number of benzene rings is 2. The minimum atomic E-state index is -4.44. The number of amides is 3. The van der Waals surface area contributed by atoms with Gasteiger partial charge < -0.3 is 15.1 Å². The minimum Gasteiger partial charge on any atom is -0.334 e. The molecule has 0 saturated heterocycles. The summed E-state index contributed by atoms with van der Waals surface area (Å²) in [4.78, 5) is 28.0. The van der Waals surface area contributed by atoms with Gasteiger partial charge in [0.25, 0.3) is 0 Å². The molecule has 2 aromatic rings. The third-order valence-corrected chi connectivity index (χ3v) is 5.10. The van der Waals surface area contributed by atoms with Crippen LogP contribution in [-0.4, -0.2) is 41.9 Å². The molecule has 0 saturated carbocycles. The zero-order valence-electron chi connectivity index (χ0n) is 16.2. The van der Waals surface area contributed by atoms with Crippen molar-refractivity contribution in [3.05, 3.63) is 65.2 Å². The Labute approximate surface area is 167 Å². The van der Waals surface area contributed by atoms with Gasteiger partial charge >= 0.3 is 12.2 Å². The smallest absolute Gasteiger partial charge is 0.334 e. The van der Waals surface area contributed by atoms with Crippen molar-refractivity contribution in [2.75, 3.05) is 25.5 Å². The highest BCUT2D eigenvalue weighted by Crippen LogP contribution is 2.30. The van der Waals surface area contributed by atoms with Crippen LogP contribution in [0.2, 0.25) is 0 Å². The van der Waals surface area contributed by atoms with Crippen LogP contribution in [0.15, 0.2) is 48.5 Å². The predicted octanol–water partition coefficient (Wildman–Crippen LogP) is 4.32. The molecule has 5 nitrogen and oxygen atoms in total. The lowest BCUT2D eigenvalue weighted by Crippen LogP contribution is -2.45. The number of hydrogen-bond donors (Lipinski definition) is 1. The van der Waals surface area contributed by atoms with Gasteiger partial charge in [-0.25, -0.2) is 4.79 Å². The second-order valence-electron chi connectivity index (χ2n) is 7.07. The van der Waals surface area contributed by atoms with E-state index in [1.807, 2.05) is 25.1 Å². The highest BCUT2D eigenvalue weighted by atomic mass is 19.4. The van der Waals surface area contributed by atoms with E-state index in [2.05, 4.69) is 11.4 Å². The van der Waals surface area contributed by atoms with E-state index in [4.69, 9.17) is 0 Å². The van der Waals surface area contributed by atoms with E-state index in [1.54, 1.807) is 4.90 Å². The van der Waals surface area contributed by atoms with Gasteiger partial charge in [-0.2, -0.15) is 13.2 Å². The fourth-order valence-corrected chi connectivity index (χ4v) is 3.44. The number of nitrogens with zero attached hydrogens (tertiary/aromatic N) is 2. The van der Waals surface area contributed by atoms with Crippen molar-refractivity contribution in [1.29, 1.82) is 0 Å². The van der Waals surface area contributed by atoms with Crippen molar-refractivity contribution in [3.63, 3.8) is 0 Å². The summed E-state index contributed by atoms with van der Waals surface area (Å²) >= 11 is 0. The Morgan fingerprint density at radius 2 is 1.79 bits per heavy atom. The van der Waals surface area contributed by atoms with Gasteiger partial charge in [-0.05, 0) is 48.7 Å². The number of likely N-dealkylation sites (N-methyl/N-ethyl adjacent to an activating group) is 1. The lowest BCUT2D eigenvalue weighted by atomic mass is 9.93. The highest BCUT2D eigenvalue weighted by Gasteiger charge is 2.30. The Morgan fingerprint density at radius 1 is 1.14 bits per heavy atom. The van der Waals surface area contributed by atoms with E-state index in [0.717, 1.165) is 24.1 Å². The van der Waals surface area contributed by atoms with Crippen LogP contribution in [-0.2, 0) is 17.4 Å². The molecule has 0 aromatic heterocycles. The summed E-state index contributed by atoms with van der Waals surface area (Å²) in [6, 6.07) is 11.5. The molecule has 0 bridgehead atoms. The van der Waals surface area contributed by atoms with Crippen LogP contribution in [0.4, 0.5) is 23.7 Å². The van der Waals surface area contributed by atoms with Gasteiger partial charge in [0, 0.05) is 19.3 Å². The number of nitrogens with one attached hydrogen (secondary N) is 1. The van der Waals surface area contributed by atoms with Crippen molar-refractivity contribution in [2.24, 2.45) is 0 Å². The van der Waals surface area contributed by atoms with Gasteiger partial charge in [0.2, 0.25) is 5.91 Å². The average molecular weight is 405 g/mol. The van der Waals surface area contributed by atoms with Gasteiger partial charge in [-0.3, -0.25) is 4.79 Å². The fraction of sp³-hybridized carbons (Fsp3) is 0.333. The first-order valence-electron chi connectivity index (χ1n) is 9.23. The molecule has 3 amide bonds. The molecule has 1 heterocycles. The SMILES string of the molecule is CC1c2ccccc2CCN1C(=O)CN(C)C(=O)Nc1ccc(C(F)(F)F)cc1. The quantitative estimate of drug-likeness (QED) is 0.827. The molecular weight excluding hydrogens is 383 g/mol. The summed E-state index contributed by atoms with van der Waals surface area (Å²) in [5.41, 5.74) is 1.75. The van der Waals surface area contributed by atoms with Crippen LogP contribution in [0.5, 0.6) is 0 Å². The Bertz CT molecular complexity index is 897. The molecule has 0 aliphatic carbocycles. The summed E-state index contributed by atoms with van der Waals surface area (Å²) in [5, 5.41) is 2.50. The second-order valence-corrected chi connectivity index (χ2v) is 7.07. The van der Waals surface area contributed by atoms with Gasteiger partial charge in [-0.1, -0.05) is 24.3 Å². The number of carbonyl (C=O) groups excluding carboxylic acids is 2. The molecule has 0 fully saturated rings. The second kappa shape index (κ2) is 8.14. The first-order chi connectivity index (χ1) is 13.7. The van der Waals surface area contributed by atoms with E-state index in [0.29, 0.717) is 6.54 Å². The Morgan fingerprint density at radius 3 is 2.45 bits per heavy atom. The maximum Gasteiger partial charge on any atom is 0.416 e. The third-order valence-electron chi connectivity index (χ3n) is 5.10. The molecule has 3 rings (SSSR count). The molecule has 154 valence electrons. The van der Waals surface area contributed by atoms with E-state index in [1.165, 1.54) is 29.6 Å². The molecular formula is C21H22F3N3O2. The summed E-state index contributed by atoms with van der Waals surface area (Å²) in [5.74, 6) is -0.183. The molecule has 1 atom stereocenters. The van der Waals surface area contributed by atoms with E-state index < -0.39 is 17.8 Å². The topological polar surface area (TPSA) is 52.7 Å². The standard InChI is InChI=1S/C21H22F3N3O2/c1-14-18-6-4-3-5-15(18)11-12-27(14)19(28)13-26(2)20(29)25-17-9-7-16(8-10-17)21(22,23)24/h3-10,14H,11-13H2,1-2H3,(H,25,29). The number of carbonyl (C=O) groups is 2. The highest BCUT2D eigenvalue weighted by molar-refractivity contribution is 5.92. The maximum absolute atomic E-state index is 12.7. The zero-order chi connectivity index (χ0) is 21.2. The van der Waals surface area contributed by atoms with Crippen LogP contribution < -0.4 is 5.32 Å². The number of hydrogen-bond acceptors (Lipinski definition) is 2. The maximum atomic E-state index is 12.7. The van der Waals surface area contributed by atoms with E-state index in [9.17, 15) is 22.8 Å². The van der Waals surface area contributed by atoms with Gasteiger partial charge in [0.15, 0.2) is 0 Å². The first-order valence-corrected chi connectivity index (χ1v) is 9.23. The summed E-state index contributed by atoms with van der Waals surface area (Å²) in [7, 11) is 1.47. The summed E-state index contributed by atoms with van der Waals surface area (Å²) in [6.07, 6.45) is -3.68. The summed E-state index contributed by atoms with van der Waals surface area (Å²) < 4.78 is 37.9. The van der Waals surface area contributed by atoms with Gasteiger partial charge in [0.1, 0.15) is 6.54 Å². The zero-order valence-corrected chi connectivity index (χ0v) is 16.2.